The summed E-state index contributed by atoms with van der Waals surface area (Å²) in [4.78, 5) is 12.5. The quantitative estimate of drug-likeness (QED) is 0.574. The normalized spacial score (nSPS) is 14.5. The van der Waals surface area contributed by atoms with E-state index in [-0.39, 0.29) is 18.6 Å². The van der Waals surface area contributed by atoms with E-state index in [4.69, 9.17) is 14.2 Å². The van der Waals surface area contributed by atoms with Gasteiger partial charge >= 0.3 is 0 Å². The third kappa shape index (κ3) is 5.00. The van der Waals surface area contributed by atoms with Gasteiger partial charge in [0.1, 0.15) is 23.4 Å². The lowest BCUT2D eigenvalue weighted by atomic mass is 10.1. The summed E-state index contributed by atoms with van der Waals surface area (Å²) >= 11 is 0. The average Bonchev–Trinajstić information content (AvgIpc) is 3.16. The summed E-state index contributed by atoms with van der Waals surface area (Å²) in [6.07, 6.45) is 1.03. The van der Waals surface area contributed by atoms with Crippen molar-refractivity contribution in [3.63, 3.8) is 0 Å². The number of fused-ring (bicyclic) bond motifs is 1. The summed E-state index contributed by atoms with van der Waals surface area (Å²) in [5.74, 6) is 2.14. The molecule has 1 aliphatic heterocycles. The third-order valence-electron chi connectivity index (χ3n) is 5.19. The molecule has 31 heavy (non-hydrogen) atoms. The van der Waals surface area contributed by atoms with Crippen molar-refractivity contribution in [1.82, 2.24) is 5.32 Å². The zero-order valence-electron chi connectivity index (χ0n) is 17.9. The van der Waals surface area contributed by atoms with Crippen LogP contribution in [0.15, 0.2) is 66.7 Å². The molecule has 3 aromatic carbocycles. The molecule has 1 aliphatic rings. The number of carbonyl (C=O) groups is 1. The molecule has 5 nitrogen and oxygen atoms in total. The second-order valence-corrected chi connectivity index (χ2v) is 7.56. The van der Waals surface area contributed by atoms with Crippen LogP contribution in [0.5, 0.6) is 17.2 Å². The molecule has 0 aromatic heterocycles. The van der Waals surface area contributed by atoms with Crippen molar-refractivity contribution in [2.75, 3.05) is 13.2 Å². The Labute approximate surface area is 183 Å². The highest BCUT2D eigenvalue weighted by Crippen LogP contribution is 2.35. The Morgan fingerprint density at radius 3 is 2.61 bits per heavy atom. The molecule has 0 unspecified atom stereocenters. The zero-order chi connectivity index (χ0) is 21.6. The monoisotopic (exact) mass is 417 g/mol. The van der Waals surface area contributed by atoms with Crippen molar-refractivity contribution in [2.24, 2.45) is 0 Å². The Kier molecular flexibility index (Phi) is 6.41. The van der Waals surface area contributed by atoms with Gasteiger partial charge in [-0.25, -0.2) is 0 Å². The Bertz CT molecular complexity index is 1050. The number of hydrogen-bond acceptors (Lipinski definition) is 4. The molecule has 0 spiro atoms. The summed E-state index contributed by atoms with van der Waals surface area (Å²) in [5, 5.41) is 2.93. The molecule has 0 aliphatic carbocycles. The van der Waals surface area contributed by atoms with Crippen LogP contribution in [0, 0.1) is 0 Å². The fourth-order valence-electron chi connectivity index (χ4n) is 3.75. The van der Waals surface area contributed by atoms with Gasteiger partial charge in [-0.3, -0.25) is 4.79 Å². The van der Waals surface area contributed by atoms with E-state index in [1.165, 1.54) is 0 Å². The first-order valence-corrected chi connectivity index (χ1v) is 10.6. The van der Waals surface area contributed by atoms with Gasteiger partial charge < -0.3 is 19.5 Å². The maximum Gasteiger partial charge on any atom is 0.258 e. The average molecular weight is 418 g/mol. The first kappa shape index (κ1) is 20.8. The second kappa shape index (κ2) is 9.56. The van der Waals surface area contributed by atoms with Crippen LogP contribution in [0.1, 0.15) is 25.0 Å². The van der Waals surface area contributed by atoms with Gasteiger partial charge in [-0.15, -0.1) is 0 Å². The topological polar surface area (TPSA) is 56.8 Å². The maximum atomic E-state index is 12.5. The van der Waals surface area contributed by atoms with Gasteiger partial charge in [-0.2, -0.15) is 0 Å². The van der Waals surface area contributed by atoms with Crippen molar-refractivity contribution in [3.8, 4) is 28.4 Å². The van der Waals surface area contributed by atoms with E-state index in [0.717, 1.165) is 40.2 Å². The molecule has 0 fully saturated rings. The number of ether oxygens (including phenoxy) is 3. The number of benzene rings is 3. The number of para-hydroxylation sites is 1. The van der Waals surface area contributed by atoms with Crippen LogP contribution in [0.2, 0.25) is 0 Å². The van der Waals surface area contributed by atoms with Crippen molar-refractivity contribution in [2.45, 2.75) is 32.9 Å². The largest absolute Gasteiger partial charge is 0.494 e. The first-order chi connectivity index (χ1) is 15.1. The van der Waals surface area contributed by atoms with Crippen LogP contribution in [0.4, 0.5) is 0 Å². The van der Waals surface area contributed by atoms with Crippen molar-refractivity contribution >= 4 is 5.91 Å². The van der Waals surface area contributed by atoms with E-state index in [0.29, 0.717) is 18.9 Å². The Morgan fingerprint density at radius 2 is 1.81 bits per heavy atom. The lowest BCUT2D eigenvalue weighted by Gasteiger charge is -2.14. The van der Waals surface area contributed by atoms with E-state index in [1.54, 1.807) is 0 Å². The third-order valence-corrected chi connectivity index (χ3v) is 5.19. The number of hydrogen-bond donors (Lipinski definition) is 1. The van der Waals surface area contributed by atoms with Gasteiger partial charge in [0.2, 0.25) is 0 Å². The molecule has 3 aromatic rings. The van der Waals surface area contributed by atoms with Gasteiger partial charge in [-0.1, -0.05) is 48.5 Å². The van der Waals surface area contributed by atoms with Gasteiger partial charge in [0, 0.05) is 29.7 Å². The van der Waals surface area contributed by atoms with Gasteiger partial charge in [0.15, 0.2) is 6.61 Å². The smallest absolute Gasteiger partial charge is 0.258 e. The molecule has 0 saturated carbocycles. The van der Waals surface area contributed by atoms with E-state index >= 15 is 0 Å². The minimum Gasteiger partial charge on any atom is -0.494 e. The molecular formula is C26H27NO4. The second-order valence-electron chi connectivity index (χ2n) is 7.56. The molecule has 0 saturated heterocycles. The molecule has 4 rings (SSSR count). The van der Waals surface area contributed by atoms with E-state index in [2.05, 4.69) is 5.32 Å². The Balaban J connectivity index is 1.39. The first-order valence-electron chi connectivity index (χ1n) is 10.6. The molecule has 0 bridgehead atoms. The van der Waals surface area contributed by atoms with Crippen molar-refractivity contribution < 1.29 is 19.0 Å². The minimum atomic E-state index is -0.194. The van der Waals surface area contributed by atoms with Crippen LogP contribution in [-0.4, -0.2) is 25.2 Å². The molecule has 5 heteroatoms. The summed E-state index contributed by atoms with van der Waals surface area (Å²) in [6, 6.07) is 21.7. The lowest BCUT2D eigenvalue weighted by Crippen LogP contribution is -2.28. The maximum absolute atomic E-state index is 12.5. The van der Waals surface area contributed by atoms with Crippen molar-refractivity contribution in [1.29, 1.82) is 0 Å². The summed E-state index contributed by atoms with van der Waals surface area (Å²) in [5.41, 5.74) is 4.05. The molecule has 1 N–H and O–H groups in total. The highest BCUT2D eigenvalue weighted by molar-refractivity contribution is 5.78. The number of carbonyl (C=O) groups excluding carboxylic acids is 1. The van der Waals surface area contributed by atoms with E-state index in [1.807, 2.05) is 80.6 Å². The van der Waals surface area contributed by atoms with Crippen LogP contribution >= 0.6 is 0 Å². The summed E-state index contributed by atoms with van der Waals surface area (Å²) < 4.78 is 17.5. The minimum absolute atomic E-state index is 0.0632. The van der Waals surface area contributed by atoms with Gasteiger partial charge in [0.25, 0.3) is 5.91 Å². The SMILES string of the molecule is CCOc1cc2c(cc1CNC(=O)COc1ccccc1-c1ccccc1)O[C@H](C)C2. The fraction of sp³-hybridized carbons (Fsp3) is 0.269. The van der Waals surface area contributed by atoms with Gasteiger partial charge in [0.05, 0.1) is 6.61 Å². The Hall–Kier alpha value is -3.47. The predicted octanol–water partition coefficient (Wildman–Crippen LogP) is 4.77. The molecule has 1 heterocycles. The standard InChI is InChI=1S/C26H27NO4/c1-3-29-24-14-20-13-18(2)31-25(20)15-21(24)16-27-26(28)17-30-23-12-8-7-11-22(23)19-9-5-4-6-10-19/h4-12,14-15,18H,3,13,16-17H2,1-2H3,(H,27,28)/t18-/m1/s1. The lowest BCUT2D eigenvalue weighted by molar-refractivity contribution is -0.123. The molecule has 160 valence electrons. The number of nitrogens with one attached hydrogen (secondary N) is 1. The fourth-order valence-corrected chi connectivity index (χ4v) is 3.75. The van der Waals surface area contributed by atoms with E-state index in [9.17, 15) is 4.79 Å². The summed E-state index contributed by atoms with van der Waals surface area (Å²) in [6.45, 7) is 4.85. The predicted molar refractivity (Wildman–Crippen MR) is 121 cm³/mol. The van der Waals surface area contributed by atoms with Crippen LogP contribution in [-0.2, 0) is 17.8 Å². The number of rotatable bonds is 8. The van der Waals surface area contributed by atoms with Crippen LogP contribution in [0.3, 0.4) is 0 Å². The van der Waals surface area contributed by atoms with Crippen molar-refractivity contribution in [3.05, 3.63) is 77.9 Å². The highest BCUT2D eigenvalue weighted by atomic mass is 16.5. The molecule has 1 amide bonds. The molecular weight excluding hydrogens is 390 g/mol. The Morgan fingerprint density at radius 1 is 1.03 bits per heavy atom. The van der Waals surface area contributed by atoms with Gasteiger partial charge in [-0.05, 0) is 37.6 Å². The summed E-state index contributed by atoms with van der Waals surface area (Å²) in [7, 11) is 0. The van der Waals surface area contributed by atoms with Crippen LogP contribution < -0.4 is 19.5 Å². The number of amides is 1. The zero-order valence-corrected chi connectivity index (χ0v) is 17.9. The highest BCUT2D eigenvalue weighted by Gasteiger charge is 2.22. The van der Waals surface area contributed by atoms with E-state index < -0.39 is 0 Å². The molecule has 1 atom stereocenters. The van der Waals surface area contributed by atoms with Crippen LogP contribution in [0.25, 0.3) is 11.1 Å². The molecule has 0 radical (unpaired) electrons.